The van der Waals surface area contributed by atoms with Crippen LogP contribution >= 0.6 is 0 Å². The lowest BCUT2D eigenvalue weighted by Crippen LogP contribution is -2.36. The zero-order chi connectivity index (χ0) is 18.2. The van der Waals surface area contributed by atoms with Crippen LogP contribution in [0.25, 0.3) is 0 Å². The molecule has 1 saturated heterocycles. The third-order valence-electron chi connectivity index (χ3n) is 4.49. The number of ether oxygens (including phenoxy) is 1. The van der Waals surface area contributed by atoms with Gasteiger partial charge in [-0.1, -0.05) is 30.3 Å². The van der Waals surface area contributed by atoms with Gasteiger partial charge in [-0.15, -0.1) is 0 Å². The Morgan fingerprint density at radius 1 is 0.962 bits per heavy atom. The summed E-state index contributed by atoms with van der Waals surface area (Å²) in [5.41, 5.74) is 1.71. The van der Waals surface area contributed by atoms with E-state index in [1.165, 1.54) is 0 Å². The molecule has 2 aromatic carbocycles. The summed E-state index contributed by atoms with van der Waals surface area (Å²) in [6.07, 6.45) is 1.27. The number of nitrogens with one attached hydrogen (secondary N) is 1. The lowest BCUT2D eigenvalue weighted by atomic mass is 10.0. The number of rotatable bonds is 7. The molecule has 0 radical (unpaired) electrons. The van der Waals surface area contributed by atoms with Gasteiger partial charge in [0.1, 0.15) is 0 Å². The van der Waals surface area contributed by atoms with E-state index in [1.807, 2.05) is 30.3 Å². The number of hydrogen-bond acceptors (Lipinski definition) is 4. The first kappa shape index (κ1) is 18.3. The fourth-order valence-electron chi connectivity index (χ4n) is 3.04. The van der Waals surface area contributed by atoms with Crippen molar-refractivity contribution < 1.29 is 14.3 Å². The molecule has 5 heteroatoms. The molecule has 0 atom stereocenters. The minimum Gasteiger partial charge on any atom is -0.379 e. The van der Waals surface area contributed by atoms with Crippen LogP contribution in [-0.4, -0.2) is 49.4 Å². The monoisotopic (exact) mass is 352 g/mol. The summed E-state index contributed by atoms with van der Waals surface area (Å²) in [7, 11) is 0. The maximum atomic E-state index is 12.6. The van der Waals surface area contributed by atoms with Crippen molar-refractivity contribution in [1.82, 2.24) is 4.90 Å². The average molecular weight is 352 g/mol. The van der Waals surface area contributed by atoms with E-state index in [4.69, 9.17) is 4.74 Å². The molecule has 1 aliphatic rings. The number of anilines is 1. The number of para-hydroxylation sites is 1. The Balaban J connectivity index is 1.59. The van der Waals surface area contributed by atoms with Gasteiger partial charge in [-0.3, -0.25) is 14.5 Å². The van der Waals surface area contributed by atoms with Crippen molar-refractivity contribution in [2.24, 2.45) is 0 Å². The van der Waals surface area contributed by atoms with Gasteiger partial charge in [0.2, 0.25) is 0 Å². The highest BCUT2D eigenvalue weighted by Gasteiger charge is 2.15. The molecule has 136 valence electrons. The molecule has 5 nitrogen and oxygen atoms in total. The molecule has 1 N–H and O–H groups in total. The maximum absolute atomic E-state index is 12.6. The molecular weight excluding hydrogens is 328 g/mol. The Morgan fingerprint density at radius 2 is 1.65 bits per heavy atom. The summed E-state index contributed by atoms with van der Waals surface area (Å²) in [6, 6.07) is 16.2. The largest absolute Gasteiger partial charge is 0.379 e. The number of Topliss-reactive ketones (excluding diaryl/α,β-unsaturated/α-hetero) is 1. The van der Waals surface area contributed by atoms with Crippen molar-refractivity contribution in [2.75, 3.05) is 38.2 Å². The fourth-order valence-corrected chi connectivity index (χ4v) is 3.04. The molecule has 0 aromatic heterocycles. The third kappa shape index (κ3) is 5.00. The Hall–Kier alpha value is -2.50. The minimum absolute atomic E-state index is 0.0576. The standard InChI is InChI=1S/C21H24N2O3/c24-20(11-6-12-23-13-15-26-16-14-23)18-9-4-5-10-19(18)22-21(25)17-7-2-1-3-8-17/h1-5,7-10H,6,11-16H2,(H,22,25). The average Bonchev–Trinajstić information content (AvgIpc) is 2.70. The molecule has 1 amide bonds. The Kier molecular flexibility index (Phi) is 6.52. The summed E-state index contributed by atoms with van der Waals surface area (Å²) in [5, 5.41) is 2.86. The highest BCUT2D eigenvalue weighted by atomic mass is 16.5. The first-order valence-electron chi connectivity index (χ1n) is 9.03. The van der Waals surface area contributed by atoms with Crippen molar-refractivity contribution in [1.29, 1.82) is 0 Å². The topological polar surface area (TPSA) is 58.6 Å². The molecule has 0 unspecified atom stereocenters. The quantitative estimate of drug-likeness (QED) is 0.777. The van der Waals surface area contributed by atoms with Gasteiger partial charge in [0, 0.05) is 30.6 Å². The van der Waals surface area contributed by atoms with Crippen LogP contribution in [-0.2, 0) is 4.74 Å². The number of hydrogen-bond donors (Lipinski definition) is 1. The maximum Gasteiger partial charge on any atom is 0.255 e. The first-order valence-corrected chi connectivity index (χ1v) is 9.03. The van der Waals surface area contributed by atoms with Gasteiger partial charge in [-0.25, -0.2) is 0 Å². The summed E-state index contributed by atoms with van der Waals surface area (Å²) in [4.78, 5) is 27.3. The van der Waals surface area contributed by atoms with Gasteiger partial charge in [0.15, 0.2) is 5.78 Å². The van der Waals surface area contributed by atoms with Gasteiger partial charge in [0.05, 0.1) is 18.9 Å². The molecule has 0 bridgehead atoms. The van der Waals surface area contributed by atoms with Crippen LogP contribution in [0.3, 0.4) is 0 Å². The predicted octanol–water partition coefficient (Wildman–Crippen LogP) is 3.23. The molecule has 0 spiro atoms. The molecular formula is C21H24N2O3. The number of ketones is 1. The Labute approximate surface area is 154 Å². The number of carbonyl (C=O) groups excluding carboxylic acids is 2. The van der Waals surface area contributed by atoms with E-state index in [9.17, 15) is 9.59 Å². The molecule has 0 saturated carbocycles. The molecule has 26 heavy (non-hydrogen) atoms. The van der Waals surface area contributed by atoms with Crippen molar-refractivity contribution in [3.8, 4) is 0 Å². The zero-order valence-corrected chi connectivity index (χ0v) is 14.8. The van der Waals surface area contributed by atoms with E-state index in [0.29, 0.717) is 23.2 Å². The summed E-state index contributed by atoms with van der Waals surface area (Å²) in [6.45, 7) is 4.29. The molecule has 1 fully saturated rings. The van der Waals surface area contributed by atoms with Crippen LogP contribution in [0, 0.1) is 0 Å². The number of morpholine rings is 1. The predicted molar refractivity (Wildman–Crippen MR) is 102 cm³/mol. The first-order chi connectivity index (χ1) is 12.7. The van der Waals surface area contributed by atoms with E-state index >= 15 is 0 Å². The van der Waals surface area contributed by atoms with Crippen molar-refractivity contribution in [3.63, 3.8) is 0 Å². The summed E-state index contributed by atoms with van der Waals surface area (Å²) < 4.78 is 5.34. The van der Waals surface area contributed by atoms with Crippen LogP contribution in [0.5, 0.6) is 0 Å². The normalized spacial score (nSPS) is 14.8. The lowest BCUT2D eigenvalue weighted by molar-refractivity contribution is 0.0371. The van der Waals surface area contributed by atoms with E-state index in [1.54, 1.807) is 24.3 Å². The summed E-state index contributed by atoms with van der Waals surface area (Å²) >= 11 is 0. The van der Waals surface area contributed by atoms with Crippen LogP contribution in [0.4, 0.5) is 5.69 Å². The van der Waals surface area contributed by atoms with Gasteiger partial charge < -0.3 is 10.1 Å². The molecule has 1 heterocycles. The number of carbonyl (C=O) groups is 2. The highest BCUT2D eigenvalue weighted by molar-refractivity contribution is 6.09. The Bertz CT molecular complexity index is 740. The Morgan fingerprint density at radius 3 is 2.42 bits per heavy atom. The molecule has 3 rings (SSSR count). The van der Waals surface area contributed by atoms with Crippen LogP contribution in [0.2, 0.25) is 0 Å². The smallest absolute Gasteiger partial charge is 0.255 e. The third-order valence-corrected chi connectivity index (χ3v) is 4.49. The van der Waals surface area contributed by atoms with Gasteiger partial charge >= 0.3 is 0 Å². The SMILES string of the molecule is O=C(Nc1ccccc1C(=O)CCCN1CCOCC1)c1ccccc1. The van der Waals surface area contributed by atoms with Crippen LogP contribution < -0.4 is 5.32 Å². The van der Waals surface area contributed by atoms with Gasteiger partial charge in [-0.05, 0) is 37.2 Å². The van der Waals surface area contributed by atoms with Crippen LogP contribution in [0.1, 0.15) is 33.6 Å². The van der Waals surface area contributed by atoms with E-state index in [0.717, 1.165) is 39.3 Å². The number of amides is 1. The van der Waals surface area contributed by atoms with Crippen molar-refractivity contribution >= 4 is 17.4 Å². The van der Waals surface area contributed by atoms with Gasteiger partial charge in [-0.2, -0.15) is 0 Å². The highest BCUT2D eigenvalue weighted by Crippen LogP contribution is 2.19. The molecule has 0 aliphatic carbocycles. The van der Waals surface area contributed by atoms with Crippen LogP contribution in [0.15, 0.2) is 54.6 Å². The fraction of sp³-hybridized carbons (Fsp3) is 0.333. The summed E-state index contributed by atoms with van der Waals surface area (Å²) in [5.74, 6) is -0.151. The lowest BCUT2D eigenvalue weighted by Gasteiger charge is -2.26. The second-order valence-electron chi connectivity index (χ2n) is 6.35. The van der Waals surface area contributed by atoms with E-state index < -0.39 is 0 Å². The van der Waals surface area contributed by atoms with E-state index in [2.05, 4.69) is 10.2 Å². The van der Waals surface area contributed by atoms with Crippen molar-refractivity contribution in [3.05, 3.63) is 65.7 Å². The van der Waals surface area contributed by atoms with Gasteiger partial charge in [0.25, 0.3) is 5.91 Å². The molecule has 2 aromatic rings. The number of nitrogens with zero attached hydrogens (tertiary/aromatic N) is 1. The minimum atomic E-state index is -0.209. The van der Waals surface area contributed by atoms with Crippen molar-refractivity contribution in [2.45, 2.75) is 12.8 Å². The second-order valence-corrected chi connectivity index (χ2v) is 6.35. The zero-order valence-electron chi connectivity index (χ0n) is 14.8. The molecule has 1 aliphatic heterocycles. The second kappa shape index (κ2) is 9.27. The van der Waals surface area contributed by atoms with E-state index in [-0.39, 0.29) is 11.7 Å². The number of benzene rings is 2.